The molecule has 4 heteroatoms. The highest BCUT2D eigenvalue weighted by atomic mass is 16.6. The van der Waals surface area contributed by atoms with Crippen molar-refractivity contribution in [2.24, 2.45) is 28.6 Å². The van der Waals surface area contributed by atoms with Crippen molar-refractivity contribution in [3.8, 4) is 0 Å². The second-order valence-corrected chi connectivity index (χ2v) is 10.8. The molecule has 0 aromatic rings. The summed E-state index contributed by atoms with van der Waals surface area (Å²) in [5, 5.41) is 0. The first kappa shape index (κ1) is 18.1. The lowest BCUT2D eigenvalue weighted by atomic mass is 9.44. The van der Waals surface area contributed by atoms with Crippen LogP contribution in [0, 0.1) is 28.6 Å². The lowest BCUT2D eigenvalue weighted by Gasteiger charge is -2.58. The molecule has 2 spiro atoms. The maximum atomic E-state index is 12.3. The molecule has 1 aliphatic heterocycles. The van der Waals surface area contributed by atoms with Gasteiger partial charge in [-0.05, 0) is 82.0 Å². The van der Waals surface area contributed by atoms with E-state index in [2.05, 4.69) is 13.8 Å². The SMILES string of the molecule is CC(=O)O[C@H]1CC[C@@]2(C)[C@H](CC[C@@]34O[C@@]35CC[C@H](C(C)=O)[C@@]5(C)CC[C@H]24)C1. The Kier molecular flexibility index (Phi) is 3.61. The van der Waals surface area contributed by atoms with Crippen molar-refractivity contribution >= 4 is 11.8 Å². The average Bonchev–Trinajstić information content (AvgIpc) is 3.15. The summed E-state index contributed by atoms with van der Waals surface area (Å²) in [5.41, 5.74) is 0.297. The molecule has 0 aromatic carbocycles. The average molecular weight is 375 g/mol. The van der Waals surface area contributed by atoms with E-state index >= 15 is 0 Å². The summed E-state index contributed by atoms with van der Waals surface area (Å²) in [5.74, 6) is 1.63. The lowest BCUT2D eigenvalue weighted by molar-refractivity contribution is -0.156. The van der Waals surface area contributed by atoms with Crippen molar-refractivity contribution in [1.29, 1.82) is 0 Å². The van der Waals surface area contributed by atoms with Gasteiger partial charge in [-0.15, -0.1) is 0 Å². The Bertz CT molecular complexity index is 702. The minimum Gasteiger partial charge on any atom is -0.463 e. The number of rotatable bonds is 2. The highest BCUT2D eigenvalue weighted by Crippen LogP contribution is 2.81. The Balaban J connectivity index is 1.43. The van der Waals surface area contributed by atoms with Gasteiger partial charge in [0.1, 0.15) is 23.1 Å². The number of Topliss-reactive ketones (excluding diaryl/α,β-unsaturated/α-hetero) is 1. The van der Waals surface area contributed by atoms with Gasteiger partial charge in [-0.2, -0.15) is 0 Å². The van der Waals surface area contributed by atoms with E-state index in [1.807, 2.05) is 0 Å². The van der Waals surface area contributed by atoms with Gasteiger partial charge in [-0.25, -0.2) is 0 Å². The number of carbonyl (C=O) groups excluding carboxylic acids is 2. The molecular formula is C23H34O4. The number of hydrogen-bond donors (Lipinski definition) is 0. The molecular weight excluding hydrogens is 340 g/mol. The number of carbonyl (C=O) groups is 2. The molecule has 0 unspecified atom stereocenters. The van der Waals surface area contributed by atoms with E-state index in [9.17, 15) is 9.59 Å². The minimum atomic E-state index is -0.143. The Morgan fingerprint density at radius 1 is 0.963 bits per heavy atom. The van der Waals surface area contributed by atoms with Crippen molar-refractivity contribution in [2.75, 3.05) is 0 Å². The maximum absolute atomic E-state index is 12.3. The van der Waals surface area contributed by atoms with Gasteiger partial charge in [0, 0.05) is 18.3 Å². The highest BCUT2D eigenvalue weighted by Gasteiger charge is 2.86. The molecule has 5 aliphatic rings. The van der Waals surface area contributed by atoms with Crippen LogP contribution in [0.1, 0.15) is 85.5 Å². The monoisotopic (exact) mass is 374 g/mol. The number of ketones is 1. The van der Waals surface area contributed by atoms with Gasteiger partial charge in [-0.3, -0.25) is 9.59 Å². The van der Waals surface area contributed by atoms with Crippen molar-refractivity contribution < 1.29 is 19.1 Å². The number of fused-ring (bicyclic) bond motifs is 2. The van der Waals surface area contributed by atoms with Crippen LogP contribution in [0.3, 0.4) is 0 Å². The standard InChI is InChI=1S/C23H34O4/c1-14(24)18-7-12-23-21(18,4)10-8-19-20(3)9-6-17(26-15(2)25)13-16(20)5-11-22(19,23)27-23/h16-19H,5-13H2,1-4H3/t16-,17+,18-,19-,20+,21-,22+,23-/m1/s1. The van der Waals surface area contributed by atoms with Crippen molar-refractivity contribution in [3.05, 3.63) is 0 Å². The molecule has 0 aromatic heterocycles. The van der Waals surface area contributed by atoms with Crippen LogP contribution in [-0.4, -0.2) is 29.1 Å². The van der Waals surface area contributed by atoms with Crippen LogP contribution in [0.25, 0.3) is 0 Å². The fraction of sp³-hybridized carbons (Fsp3) is 0.913. The molecule has 0 amide bonds. The zero-order valence-corrected chi connectivity index (χ0v) is 17.3. The van der Waals surface area contributed by atoms with Crippen LogP contribution in [-0.2, 0) is 19.1 Å². The molecule has 1 heterocycles. The molecule has 0 radical (unpaired) electrons. The van der Waals surface area contributed by atoms with Crippen molar-refractivity contribution in [1.82, 2.24) is 0 Å². The predicted octanol–water partition coefficient (Wildman–Crippen LogP) is 4.44. The van der Waals surface area contributed by atoms with Gasteiger partial charge in [0.15, 0.2) is 0 Å². The molecule has 4 nitrogen and oxygen atoms in total. The third-order valence-corrected chi connectivity index (χ3v) is 9.96. The number of epoxide rings is 1. The second-order valence-electron chi connectivity index (χ2n) is 10.8. The van der Waals surface area contributed by atoms with Crippen LogP contribution in [0.2, 0.25) is 0 Å². The van der Waals surface area contributed by atoms with Crippen LogP contribution < -0.4 is 0 Å². The Labute approximate surface area is 162 Å². The van der Waals surface area contributed by atoms with Gasteiger partial charge >= 0.3 is 5.97 Å². The highest BCUT2D eigenvalue weighted by molar-refractivity contribution is 5.80. The first-order chi connectivity index (χ1) is 12.7. The minimum absolute atomic E-state index is 0.0176. The van der Waals surface area contributed by atoms with E-state index in [1.54, 1.807) is 6.92 Å². The molecule has 5 fully saturated rings. The van der Waals surface area contributed by atoms with Crippen molar-refractivity contribution in [3.63, 3.8) is 0 Å². The summed E-state index contributed by atoms with van der Waals surface area (Å²) in [6.45, 7) is 8.15. The topological polar surface area (TPSA) is 55.9 Å². The fourth-order valence-corrected chi connectivity index (χ4v) is 8.75. The van der Waals surface area contributed by atoms with Crippen molar-refractivity contribution in [2.45, 2.75) is 103 Å². The summed E-state index contributed by atoms with van der Waals surface area (Å²) in [6.07, 6.45) is 9.93. The van der Waals surface area contributed by atoms with Gasteiger partial charge in [-0.1, -0.05) is 13.8 Å². The molecule has 0 bridgehead atoms. The second kappa shape index (κ2) is 5.37. The summed E-state index contributed by atoms with van der Waals surface area (Å²) in [4.78, 5) is 23.8. The summed E-state index contributed by atoms with van der Waals surface area (Å²) in [7, 11) is 0. The summed E-state index contributed by atoms with van der Waals surface area (Å²) >= 11 is 0. The molecule has 5 rings (SSSR count). The molecule has 27 heavy (non-hydrogen) atoms. The largest absolute Gasteiger partial charge is 0.463 e. The van der Waals surface area contributed by atoms with E-state index in [-0.39, 0.29) is 40.0 Å². The molecule has 150 valence electrons. The van der Waals surface area contributed by atoms with Crippen LogP contribution in [0.15, 0.2) is 0 Å². The Morgan fingerprint density at radius 2 is 1.74 bits per heavy atom. The Hall–Kier alpha value is -0.900. The van der Waals surface area contributed by atoms with Gasteiger partial charge in [0.05, 0.1) is 0 Å². The summed E-state index contributed by atoms with van der Waals surface area (Å²) in [6, 6.07) is 0. The van der Waals surface area contributed by atoms with E-state index < -0.39 is 0 Å². The quantitative estimate of drug-likeness (QED) is 0.530. The molecule has 4 saturated carbocycles. The fourth-order valence-electron chi connectivity index (χ4n) is 8.75. The van der Waals surface area contributed by atoms with Gasteiger partial charge in [0.2, 0.25) is 0 Å². The molecule has 1 saturated heterocycles. The zero-order chi connectivity index (χ0) is 19.2. The van der Waals surface area contributed by atoms with Gasteiger partial charge in [0.25, 0.3) is 0 Å². The number of esters is 1. The van der Waals surface area contributed by atoms with E-state index in [0.29, 0.717) is 17.6 Å². The zero-order valence-electron chi connectivity index (χ0n) is 17.3. The third-order valence-electron chi connectivity index (χ3n) is 9.96. The van der Waals surface area contributed by atoms with Crippen LogP contribution in [0.5, 0.6) is 0 Å². The smallest absolute Gasteiger partial charge is 0.302 e. The molecule has 8 atom stereocenters. The lowest BCUT2D eigenvalue weighted by Crippen LogP contribution is -2.59. The van der Waals surface area contributed by atoms with E-state index in [4.69, 9.17) is 9.47 Å². The third kappa shape index (κ3) is 2.04. The molecule has 0 N–H and O–H groups in total. The van der Waals surface area contributed by atoms with E-state index in [0.717, 1.165) is 44.9 Å². The van der Waals surface area contributed by atoms with Crippen LogP contribution in [0.4, 0.5) is 0 Å². The number of hydrogen-bond acceptors (Lipinski definition) is 4. The van der Waals surface area contributed by atoms with E-state index in [1.165, 1.54) is 19.8 Å². The van der Waals surface area contributed by atoms with Gasteiger partial charge < -0.3 is 9.47 Å². The maximum Gasteiger partial charge on any atom is 0.302 e. The predicted molar refractivity (Wildman–Crippen MR) is 101 cm³/mol. The first-order valence-electron chi connectivity index (χ1n) is 11.1. The normalized spacial score (nSPS) is 55.6. The summed E-state index contributed by atoms with van der Waals surface area (Å²) < 4.78 is 12.4. The molecule has 4 aliphatic carbocycles. The van der Waals surface area contributed by atoms with Crippen LogP contribution >= 0.6 is 0 Å². The number of ether oxygens (including phenoxy) is 2. The Morgan fingerprint density at radius 3 is 2.44 bits per heavy atom. The first-order valence-corrected chi connectivity index (χ1v) is 11.1.